The van der Waals surface area contributed by atoms with Gasteiger partial charge >= 0.3 is 6.09 Å². The average Bonchev–Trinajstić information content (AvgIpc) is 2.66. The van der Waals surface area contributed by atoms with Crippen molar-refractivity contribution in [1.29, 1.82) is 0 Å². The molecule has 0 radical (unpaired) electrons. The fourth-order valence-electron chi connectivity index (χ4n) is 1.76. The lowest BCUT2D eigenvalue weighted by Gasteiger charge is -2.04. The fraction of sp³-hybridized carbons (Fsp3) is 0.385. The Bertz CT molecular complexity index is 595. The minimum atomic E-state index is -0.462. The summed E-state index contributed by atoms with van der Waals surface area (Å²) in [4.78, 5) is 11.6. The highest BCUT2D eigenvalue weighted by Crippen LogP contribution is 2.25. The van der Waals surface area contributed by atoms with Crippen molar-refractivity contribution >= 4 is 38.7 Å². The molecule has 5 nitrogen and oxygen atoms in total. The van der Waals surface area contributed by atoms with Crippen molar-refractivity contribution in [2.24, 2.45) is 7.05 Å². The molecule has 0 fully saturated rings. The van der Waals surface area contributed by atoms with E-state index in [0.717, 1.165) is 28.2 Å². The zero-order chi connectivity index (χ0) is 13.8. The van der Waals surface area contributed by atoms with Crippen LogP contribution in [-0.2, 0) is 11.8 Å². The van der Waals surface area contributed by atoms with E-state index in [1.165, 1.54) is 0 Å². The summed E-state index contributed by atoms with van der Waals surface area (Å²) in [5.74, 6) is 0.520. The molecular weight excluding hydrogens is 310 g/mol. The fourth-order valence-corrected chi connectivity index (χ4v) is 2.11. The molecule has 0 aliphatic rings. The van der Waals surface area contributed by atoms with Gasteiger partial charge in [-0.3, -0.25) is 10.00 Å². The number of nitrogens with one attached hydrogen (secondary N) is 1. The van der Waals surface area contributed by atoms with Gasteiger partial charge in [0.05, 0.1) is 12.1 Å². The van der Waals surface area contributed by atoms with Gasteiger partial charge in [0.15, 0.2) is 5.82 Å². The van der Waals surface area contributed by atoms with E-state index in [1.807, 2.05) is 32.2 Å². The Morgan fingerprint density at radius 1 is 1.53 bits per heavy atom. The first-order chi connectivity index (χ1) is 9.11. The molecule has 0 saturated carbocycles. The Morgan fingerprint density at radius 3 is 3.05 bits per heavy atom. The smallest absolute Gasteiger partial charge is 0.412 e. The number of aryl methyl sites for hydroxylation is 1. The molecule has 2 rings (SSSR count). The molecule has 1 aromatic carbocycles. The molecule has 0 aliphatic carbocycles. The summed E-state index contributed by atoms with van der Waals surface area (Å²) < 4.78 is 7.76. The molecule has 1 heterocycles. The summed E-state index contributed by atoms with van der Waals surface area (Å²) in [6.07, 6.45) is 1.40. The summed E-state index contributed by atoms with van der Waals surface area (Å²) in [6, 6.07) is 5.78. The highest BCUT2D eigenvalue weighted by molar-refractivity contribution is 9.10. The van der Waals surface area contributed by atoms with Gasteiger partial charge in [0.2, 0.25) is 0 Å². The van der Waals surface area contributed by atoms with Crippen LogP contribution in [-0.4, -0.2) is 22.5 Å². The number of aromatic nitrogens is 2. The number of nitrogens with zero attached hydrogens (tertiary/aromatic N) is 2. The van der Waals surface area contributed by atoms with E-state index in [2.05, 4.69) is 26.3 Å². The third-order valence-electron chi connectivity index (χ3n) is 2.77. The van der Waals surface area contributed by atoms with Gasteiger partial charge in [-0.1, -0.05) is 29.3 Å². The molecule has 2 aromatic rings. The Kier molecular flexibility index (Phi) is 4.42. The Balaban J connectivity index is 2.15. The number of halogens is 1. The first-order valence-corrected chi connectivity index (χ1v) is 6.97. The van der Waals surface area contributed by atoms with Gasteiger partial charge < -0.3 is 4.74 Å². The number of carbonyl (C=O) groups is 1. The third kappa shape index (κ3) is 3.26. The lowest BCUT2D eigenvalue weighted by molar-refractivity contribution is 0.160. The van der Waals surface area contributed by atoms with Crippen LogP contribution in [0.25, 0.3) is 10.9 Å². The second-order valence-electron chi connectivity index (χ2n) is 4.25. The number of ether oxygens (including phenoxy) is 1. The predicted molar refractivity (Wildman–Crippen MR) is 78.3 cm³/mol. The van der Waals surface area contributed by atoms with Crippen molar-refractivity contribution in [2.75, 3.05) is 11.9 Å². The predicted octanol–water partition coefficient (Wildman–Crippen LogP) is 3.68. The Morgan fingerprint density at radius 2 is 2.32 bits per heavy atom. The first kappa shape index (κ1) is 13.9. The van der Waals surface area contributed by atoms with Crippen LogP contribution in [0.5, 0.6) is 0 Å². The number of benzene rings is 1. The van der Waals surface area contributed by atoms with Crippen LogP contribution in [0.2, 0.25) is 0 Å². The summed E-state index contributed by atoms with van der Waals surface area (Å²) in [6.45, 7) is 2.48. The van der Waals surface area contributed by atoms with Crippen LogP contribution in [0.4, 0.5) is 10.6 Å². The van der Waals surface area contributed by atoms with Crippen LogP contribution in [0.15, 0.2) is 22.7 Å². The van der Waals surface area contributed by atoms with E-state index < -0.39 is 6.09 Å². The van der Waals surface area contributed by atoms with Crippen molar-refractivity contribution in [1.82, 2.24) is 9.78 Å². The standard InChI is InChI=1S/C13H16BrN3O2/c1-3-4-7-19-13(18)15-12-10-6-5-9(14)8-11(10)17(2)16-12/h5-6,8H,3-4,7H2,1-2H3,(H,15,16,18). The van der Waals surface area contributed by atoms with Crippen molar-refractivity contribution in [3.05, 3.63) is 22.7 Å². The minimum Gasteiger partial charge on any atom is -0.449 e. The average molecular weight is 326 g/mol. The number of rotatable bonds is 4. The zero-order valence-electron chi connectivity index (χ0n) is 10.9. The molecule has 1 aromatic heterocycles. The van der Waals surface area contributed by atoms with Crippen LogP contribution in [0.1, 0.15) is 19.8 Å². The lowest BCUT2D eigenvalue weighted by Crippen LogP contribution is -2.15. The third-order valence-corrected chi connectivity index (χ3v) is 3.26. The van der Waals surface area contributed by atoms with E-state index >= 15 is 0 Å². The van der Waals surface area contributed by atoms with Gasteiger partial charge in [0.1, 0.15) is 0 Å². The van der Waals surface area contributed by atoms with Crippen molar-refractivity contribution in [3.63, 3.8) is 0 Å². The molecule has 0 unspecified atom stereocenters. The molecule has 0 saturated heterocycles. The summed E-state index contributed by atoms with van der Waals surface area (Å²) >= 11 is 3.42. The van der Waals surface area contributed by atoms with Gasteiger partial charge in [-0.05, 0) is 24.6 Å². The molecule has 1 amide bonds. The summed E-state index contributed by atoms with van der Waals surface area (Å²) in [5.41, 5.74) is 0.943. The van der Waals surface area contributed by atoms with E-state index in [4.69, 9.17) is 4.74 Å². The maximum Gasteiger partial charge on any atom is 0.412 e. The first-order valence-electron chi connectivity index (χ1n) is 6.18. The molecule has 0 atom stereocenters. The maximum atomic E-state index is 11.6. The van der Waals surface area contributed by atoms with E-state index in [0.29, 0.717) is 12.4 Å². The molecular formula is C13H16BrN3O2. The van der Waals surface area contributed by atoms with E-state index in [9.17, 15) is 4.79 Å². The van der Waals surface area contributed by atoms with Crippen LogP contribution < -0.4 is 5.32 Å². The molecule has 0 spiro atoms. The topological polar surface area (TPSA) is 56.1 Å². The Labute approximate surface area is 120 Å². The van der Waals surface area contributed by atoms with E-state index in [1.54, 1.807) is 4.68 Å². The molecule has 19 heavy (non-hydrogen) atoms. The lowest BCUT2D eigenvalue weighted by atomic mass is 10.2. The van der Waals surface area contributed by atoms with Gasteiger partial charge in [0.25, 0.3) is 0 Å². The number of hydrogen-bond acceptors (Lipinski definition) is 3. The number of carbonyl (C=O) groups excluding carboxylic acids is 1. The van der Waals surface area contributed by atoms with Crippen molar-refractivity contribution in [2.45, 2.75) is 19.8 Å². The maximum absolute atomic E-state index is 11.6. The zero-order valence-corrected chi connectivity index (χ0v) is 12.5. The summed E-state index contributed by atoms with van der Waals surface area (Å²) in [5, 5.41) is 7.85. The second-order valence-corrected chi connectivity index (χ2v) is 5.16. The van der Waals surface area contributed by atoms with Crippen LogP contribution in [0.3, 0.4) is 0 Å². The monoisotopic (exact) mass is 325 g/mol. The van der Waals surface area contributed by atoms with Gasteiger partial charge in [-0.2, -0.15) is 5.10 Å². The number of amides is 1. The molecule has 6 heteroatoms. The highest BCUT2D eigenvalue weighted by atomic mass is 79.9. The molecule has 0 bridgehead atoms. The largest absolute Gasteiger partial charge is 0.449 e. The van der Waals surface area contributed by atoms with Gasteiger partial charge in [0, 0.05) is 16.9 Å². The van der Waals surface area contributed by atoms with Crippen molar-refractivity contribution in [3.8, 4) is 0 Å². The number of unbranched alkanes of at least 4 members (excludes halogenated alkanes) is 1. The molecule has 1 N–H and O–H groups in total. The number of anilines is 1. The van der Waals surface area contributed by atoms with Crippen molar-refractivity contribution < 1.29 is 9.53 Å². The van der Waals surface area contributed by atoms with Crippen LogP contribution in [0, 0.1) is 0 Å². The van der Waals surface area contributed by atoms with Gasteiger partial charge in [-0.25, -0.2) is 4.79 Å². The SMILES string of the molecule is CCCCOC(=O)Nc1nn(C)c2cc(Br)ccc12. The molecule has 102 valence electrons. The summed E-state index contributed by atoms with van der Waals surface area (Å²) in [7, 11) is 1.84. The Hall–Kier alpha value is -1.56. The quantitative estimate of drug-likeness (QED) is 0.872. The number of hydrogen-bond donors (Lipinski definition) is 1. The molecule has 0 aliphatic heterocycles. The number of fused-ring (bicyclic) bond motifs is 1. The van der Waals surface area contributed by atoms with Crippen LogP contribution >= 0.6 is 15.9 Å². The normalized spacial score (nSPS) is 10.7. The van der Waals surface area contributed by atoms with Gasteiger partial charge in [-0.15, -0.1) is 0 Å². The van der Waals surface area contributed by atoms with E-state index in [-0.39, 0.29) is 0 Å². The second kappa shape index (κ2) is 6.06. The minimum absolute atomic E-state index is 0.429. The highest BCUT2D eigenvalue weighted by Gasteiger charge is 2.12.